The third-order valence-electron chi connectivity index (χ3n) is 7.08. The fourth-order valence-electron chi connectivity index (χ4n) is 5.26. The van der Waals surface area contributed by atoms with E-state index in [2.05, 4.69) is 39.5 Å². The van der Waals surface area contributed by atoms with Gasteiger partial charge in [-0.2, -0.15) is 0 Å². The lowest BCUT2D eigenvalue weighted by molar-refractivity contribution is -0.0982. The minimum absolute atomic E-state index is 0.0159. The van der Waals surface area contributed by atoms with Crippen molar-refractivity contribution >= 4 is 11.0 Å². The van der Waals surface area contributed by atoms with E-state index in [9.17, 15) is 9.90 Å². The molecule has 4 rings (SSSR count). The summed E-state index contributed by atoms with van der Waals surface area (Å²) in [6.45, 7) is 11.4. The van der Waals surface area contributed by atoms with Crippen molar-refractivity contribution in [3.63, 3.8) is 0 Å². The predicted octanol–water partition coefficient (Wildman–Crippen LogP) is 4.72. The van der Waals surface area contributed by atoms with E-state index in [4.69, 9.17) is 9.15 Å². The van der Waals surface area contributed by atoms with Gasteiger partial charge in [-0.15, -0.1) is 0 Å². The summed E-state index contributed by atoms with van der Waals surface area (Å²) >= 11 is 0. The SMILES string of the molecule is C=C1C=C[C@H]2C(C)(C)[C@H](O)CC[C@]2(C)[C@H]1COc1ccc2ccc(=O)oc2c1. The first-order valence-corrected chi connectivity index (χ1v) is 9.93. The maximum atomic E-state index is 11.5. The lowest BCUT2D eigenvalue weighted by Crippen LogP contribution is -2.54. The first kappa shape index (κ1) is 19.0. The fourth-order valence-corrected chi connectivity index (χ4v) is 5.26. The van der Waals surface area contributed by atoms with Crippen molar-refractivity contribution in [3.05, 3.63) is 65.1 Å². The molecule has 1 saturated carbocycles. The molecule has 4 atom stereocenters. The molecule has 2 aromatic rings. The number of aliphatic hydroxyl groups excluding tert-OH is 1. The highest BCUT2D eigenvalue weighted by Gasteiger charge is 2.54. The third kappa shape index (κ3) is 3.00. The Morgan fingerprint density at radius 2 is 2.00 bits per heavy atom. The van der Waals surface area contributed by atoms with E-state index in [0.29, 0.717) is 17.9 Å². The summed E-state index contributed by atoms with van der Waals surface area (Å²) in [4.78, 5) is 11.5. The number of hydrogen-bond donors (Lipinski definition) is 1. The van der Waals surface area contributed by atoms with Gasteiger partial charge in [0.25, 0.3) is 0 Å². The molecule has 1 fully saturated rings. The minimum atomic E-state index is -0.367. The Morgan fingerprint density at radius 1 is 1.25 bits per heavy atom. The van der Waals surface area contributed by atoms with Gasteiger partial charge >= 0.3 is 5.63 Å². The van der Waals surface area contributed by atoms with Crippen LogP contribution in [0.4, 0.5) is 0 Å². The standard InChI is InChI=1S/C24H28O4/c1-15-5-9-20-23(2,3)21(25)11-12-24(20,4)18(15)14-27-17-8-6-16-7-10-22(26)28-19(16)13-17/h5-10,13,18,20-21,25H,1,11-12,14H2,2-4H3/t18-,20-,21+,24+/m0/s1. The number of benzene rings is 1. The number of aliphatic hydroxyl groups is 1. The second-order valence-corrected chi connectivity index (χ2v) is 9.11. The van der Waals surface area contributed by atoms with Gasteiger partial charge in [0.15, 0.2) is 0 Å². The summed E-state index contributed by atoms with van der Waals surface area (Å²) in [5.41, 5.74) is 1.03. The van der Waals surface area contributed by atoms with Gasteiger partial charge < -0.3 is 14.3 Å². The van der Waals surface area contributed by atoms with Crippen LogP contribution in [0.2, 0.25) is 0 Å². The number of hydrogen-bond acceptors (Lipinski definition) is 4. The van der Waals surface area contributed by atoms with Crippen LogP contribution in [0.5, 0.6) is 5.75 Å². The average molecular weight is 380 g/mol. The van der Waals surface area contributed by atoms with E-state index in [-0.39, 0.29) is 34.4 Å². The summed E-state index contributed by atoms with van der Waals surface area (Å²) in [7, 11) is 0. The Balaban J connectivity index is 1.60. The molecule has 1 N–H and O–H groups in total. The highest BCUT2D eigenvalue weighted by Crippen LogP contribution is 2.58. The molecule has 0 bridgehead atoms. The highest BCUT2D eigenvalue weighted by atomic mass is 16.5. The van der Waals surface area contributed by atoms with Crippen molar-refractivity contribution in [2.75, 3.05) is 6.61 Å². The van der Waals surface area contributed by atoms with E-state index < -0.39 is 0 Å². The normalized spacial score (nSPS) is 31.6. The highest BCUT2D eigenvalue weighted by molar-refractivity contribution is 5.77. The van der Waals surface area contributed by atoms with Gasteiger partial charge in [0.05, 0.1) is 12.7 Å². The van der Waals surface area contributed by atoms with Gasteiger partial charge in [0, 0.05) is 23.4 Å². The van der Waals surface area contributed by atoms with Crippen LogP contribution < -0.4 is 10.4 Å². The van der Waals surface area contributed by atoms with Crippen LogP contribution >= 0.6 is 0 Å². The van der Waals surface area contributed by atoms with Crippen LogP contribution in [-0.2, 0) is 0 Å². The molecule has 0 saturated heterocycles. The van der Waals surface area contributed by atoms with Crippen LogP contribution in [0.15, 0.2) is 63.8 Å². The molecule has 0 amide bonds. The molecule has 148 valence electrons. The molecule has 0 aliphatic heterocycles. The molecule has 4 heteroatoms. The van der Waals surface area contributed by atoms with Crippen molar-refractivity contribution in [1.82, 2.24) is 0 Å². The summed E-state index contributed by atoms with van der Waals surface area (Å²) in [6, 6.07) is 8.74. The topological polar surface area (TPSA) is 59.7 Å². The molecule has 4 nitrogen and oxygen atoms in total. The monoisotopic (exact) mass is 380 g/mol. The molecule has 0 radical (unpaired) electrons. The molecule has 2 aliphatic carbocycles. The summed E-state index contributed by atoms with van der Waals surface area (Å²) in [5.74, 6) is 1.10. The molecular weight excluding hydrogens is 352 g/mol. The average Bonchev–Trinajstić information content (AvgIpc) is 2.64. The number of allylic oxidation sites excluding steroid dienone is 2. The van der Waals surface area contributed by atoms with Gasteiger partial charge in [-0.3, -0.25) is 0 Å². The Hall–Kier alpha value is -2.33. The molecule has 2 aliphatic rings. The zero-order chi connectivity index (χ0) is 20.1. The second kappa shape index (κ2) is 6.63. The summed E-state index contributed by atoms with van der Waals surface area (Å²) < 4.78 is 11.4. The number of fused-ring (bicyclic) bond motifs is 2. The van der Waals surface area contributed by atoms with Crippen LogP contribution in [0, 0.1) is 22.7 Å². The first-order valence-electron chi connectivity index (χ1n) is 9.93. The van der Waals surface area contributed by atoms with Crippen LogP contribution in [0.3, 0.4) is 0 Å². The van der Waals surface area contributed by atoms with Crippen LogP contribution in [0.25, 0.3) is 11.0 Å². The van der Waals surface area contributed by atoms with Crippen molar-refractivity contribution < 1.29 is 14.3 Å². The molecular formula is C24H28O4. The second-order valence-electron chi connectivity index (χ2n) is 9.11. The van der Waals surface area contributed by atoms with Gasteiger partial charge in [-0.1, -0.05) is 39.5 Å². The third-order valence-corrected chi connectivity index (χ3v) is 7.08. The molecule has 0 spiro atoms. The Kier molecular flexibility index (Phi) is 4.50. The Morgan fingerprint density at radius 3 is 2.79 bits per heavy atom. The lowest BCUT2D eigenvalue weighted by atomic mass is 9.49. The van der Waals surface area contributed by atoms with Gasteiger partial charge in [-0.05, 0) is 53.4 Å². The largest absolute Gasteiger partial charge is 0.493 e. The zero-order valence-electron chi connectivity index (χ0n) is 16.8. The van der Waals surface area contributed by atoms with E-state index in [1.54, 1.807) is 12.1 Å². The van der Waals surface area contributed by atoms with Crippen molar-refractivity contribution in [3.8, 4) is 5.75 Å². The zero-order valence-corrected chi connectivity index (χ0v) is 16.8. The van der Waals surface area contributed by atoms with E-state index >= 15 is 0 Å². The lowest BCUT2D eigenvalue weighted by Gasteiger charge is -2.57. The van der Waals surface area contributed by atoms with Crippen LogP contribution in [-0.4, -0.2) is 17.8 Å². The molecule has 1 aromatic carbocycles. The van der Waals surface area contributed by atoms with Gasteiger partial charge in [0.1, 0.15) is 11.3 Å². The van der Waals surface area contributed by atoms with Crippen molar-refractivity contribution in [2.24, 2.45) is 22.7 Å². The minimum Gasteiger partial charge on any atom is -0.493 e. The van der Waals surface area contributed by atoms with Gasteiger partial charge in [-0.25, -0.2) is 4.79 Å². The van der Waals surface area contributed by atoms with Crippen molar-refractivity contribution in [2.45, 2.75) is 39.7 Å². The van der Waals surface area contributed by atoms with E-state index in [0.717, 1.165) is 23.8 Å². The maximum absolute atomic E-state index is 11.5. The van der Waals surface area contributed by atoms with Gasteiger partial charge in [0.2, 0.25) is 0 Å². The summed E-state index contributed by atoms with van der Waals surface area (Å²) in [5, 5.41) is 11.4. The quantitative estimate of drug-likeness (QED) is 0.783. The number of rotatable bonds is 3. The van der Waals surface area contributed by atoms with E-state index in [1.165, 1.54) is 6.07 Å². The molecule has 28 heavy (non-hydrogen) atoms. The Bertz CT molecular complexity index is 999. The first-order chi connectivity index (χ1) is 13.2. The number of ether oxygens (including phenoxy) is 1. The fraction of sp³-hybridized carbons (Fsp3) is 0.458. The molecule has 1 aromatic heterocycles. The predicted molar refractivity (Wildman–Crippen MR) is 110 cm³/mol. The smallest absolute Gasteiger partial charge is 0.336 e. The molecule has 0 unspecified atom stereocenters. The van der Waals surface area contributed by atoms with E-state index in [1.807, 2.05) is 12.1 Å². The van der Waals surface area contributed by atoms with Crippen LogP contribution in [0.1, 0.15) is 33.6 Å². The maximum Gasteiger partial charge on any atom is 0.336 e. The summed E-state index contributed by atoms with van der Waals surface area (Å²) in [6.07, 6.45) is 5.75. The van der Waals surface area contributed by atoms with Crippen molar-refractivity contribution in [1.29, 1.82) is 0 Å². The molecule has 1 heterocycles. The Labute approximate surface area is 165 Å².